The van der Waals surface area contributed by atoms with Crippen molar-refractivity contribution in [3.05, 3.63) is 0 Å². The van der Waals surface area contributed by atoms with Gasteiger partial charge in [0.25, 0.3) is 0 Å². The average molecular weight is 246 g/mol. The maximum Gasteiger partial charge on any atom is 0.326 e. The number of nitrogens with two attached hydrogens (primary N) is 1. The number of nitrogens with zero attached hydrogens (tertiary/aromatic N) is 1. The first-order valence-electron chi connectivity index (χ1n) is 5.54. The van der Waals surface area contributed by atoms with E-state index in [-0.39, 0.29) is 31.9 Å². The highest BCUT2D eigenvalue weighted by atomic mass is 16.5. The largest absolute Gasteiger partial charge is 0.480 e. The summed E-state index contributed by atoms with van der Waals surface area (Å²) in [4.78, 5) is 23.8. The summed E-state index contributed by atoms with van der Waals surface area (Å²) in [7, 11) is 0. The molecule has 17 heavy (non-hydrogen) atoms. The van der Waals surface area contributed by atoms with E-state index >= 15 is 0 Å². The van der Waals surface area contributed by atoms with Crippen LogP contribution < -0.4 is 5.73 Å². The molecule has 98 valence electrons. The molecule has 1 aliphatic rings. The number of hydrogen-bond donors (Lipinski definition) is 3. The number of carbonyl (C=O) groups is 2. The third-order valence-corrected chi connectivity index (χ3v) is 2.61. The van der Waals surface area contributed by atoms with Crippen LogP contribution in [0.2, 0.25) is 0 Å². The Hall–Kier alpha value is -1.18. The van der Waals surface area contributed by atoms with Crippen molar-refractivity contribution in [3.8, 4) is 0 Å². The predicted octanol–water partition coefficient (Wildman–Crippen LogP) is -1.60. The first-order chi connectivity index (χ1) is 8.06. The zero-order valence-electron chi connectivity index (χ0n) is 9.54. The molecule has 4 N–H and O–H groups in total. The van der Waals surface area contributed by atoms with Crippen molar-refractivity contribution in [3.63, 3.8) is 0 Å². The molecule has 1 saturated heterocycles. The van der Waals surface area contributed by atoms with Crippen LogP contribution in [0.1, 0.15) is 12.8 Å². The molecule has 1 amide bonds. The molecule has 7 nitrogen and oxygen atoms in total. The molecule has 0 spiro atoms. The summed E-state index contributed by atoms with van der Waals surface area (Å²) in [6.45, 7) is 1.05. The summed E-state index contributed by atoms with van der Waals surface area (Å²) in [5.41, 5.74) is 5.22. The first kappa shape index (κ1) is 13.9. The van der Waals surface area contributed by atoms with E-state index in [2.05, 4.69) is 0 Å². The topological polar surface area (TPSA) is 113 Å². The highest BCUT2D eigenvalue weighted by Gasteiger charge is 2.38. The van der Waals surface area contributed by atoms with Crippen LogP contribution in [0.4, 0.5) is 0 Å². The highest BCUT2D eigenvalue weighted by Crippen LogP contribution is 2.19. The lowest BCUT2D eigenvalue weighted by atomic mass is 10.2. The molecule has 1 heterocycles. The van der Waals surface area contributed by atoms with Crippen LogP contribution in [0.15, 0.2) is 0 Å². The first-order valence-corrected chi connectivity index (χ1v) is 5.54. The third kappa shape index (κ3) is 3.95. The lowest BCUT2D eigenvalue weighted by Gasteiger charge is -2.21. The summed E-state index contributed by atoms with van der Waals surface area (Å²) in [5.74, 6) is -1.40. The van der Waals surface area contributed by atoms with Crippen molar-refractivity contribution in [1.29, 1.82) is 0 Å². The van der Waals surface area contributed by atoms with E-state index in [1.807, 2.05) is 0 Å². The van der Waals surface area contributed by atoms with Gasteiger partial charge < -0.3 is 25.6 Å². The number of carbonyl (C=O) groups excluding carboxylic acids is 1. The van der Waals surface area contributed by atoms with Gasteiger partial charge in [0.05, 0.1) is 25.7 Å². The smallest absolute Gasteiger partial charge is 0.326 e. The molecular weight excluding hydrogens is 228 g/mol. The molecule has 0 radical (unpaired) electrons. The predicted molar refractivity (Wildman–Crippen MR) is 58.3 cm³/mol. The van der Waals surface area contributed by atoms with Gasteiger partial charge in [-0.05, 0) is 0 Å². The monoisotopic (exact) mass is 246 g/mol. The van der Waals surface area contributed by atoms with Gasteiger partial charge in [-0.3, -0.25) is 4.79 Å². The zero-order valence-corrected chi connectivity index (χ0v) is 9.54. The minimum absolute atomic E-state index is 0.0761. The summed E-state index contributed by atoms with van der Waals surface area (Å²) in [5, 5.41) is 18.3. The molecule has 1 rings (SSSR count). The van der Waals surface area contributed by atoms with Crippen LogP contribution in [-0.4, -0.2) is 65.4 Å². The van der Waals surface area contributed by atoms with Crippen LogP contribution in [0.3, 0.4) is 0 Å². The Balaban J connectivity index is 2.41. The van der Waals surface area contributed by atoms with Gasteiger partial charge in [-0.25, -0.2) is 4.79 Å². The summed E-state index contributed by atoms with van der Waals surface area (Å²) in [6, 6.07) is -0.924. The van der Waals surface area contributed by atoms with E-state index < -0.39 is 18.1 Å². The van der Waals surface area contributed by atoms with Gasteiger partial charge in [0.15, 0.2) is 0 Å². The number of β-amino-alcohol motifs (C(OH)–C–C–N with tert-alkyl or cyclic N) is 1. The van der Waals surface area contributed by atoms with E-state index in [1.165, 1.54) is 4.90 Å². The maximum absolute atomic E-state index is 11.7. The van der Waals surface area contributed by atoms with Crippen LogP contribution >= 0.6 is 0 Å². The summed E-state index contributed by atoms with van der Waals surface area (Å²) < 4.78 is 5.05. The van der Waals surface area contributed by atoms with Gasteiger partial charge in [0, 0.05) is 19.5 Å². The van der Waals surface area contributed by atoms with Gasteiger partial charge in [0.2, 0.25) is 5.91 Å². The molecule has 2 atom stereocenters. The van der Waals surface area contributed by atoms with Gasteiger partial charge in [-0.1, -0.05) is 0 Å². The second kappa shape index (κ2) is 6.53. The lowest BCUT2D eigenvalue weighted by Crippen LogP contribution is -2.41. The molecule has 0 bridgehead atoms. The van der Waals surface area contributed by atoms with Crippen LogP contribution in [0.5, 0.6) is 0 Å². The molecule has 0 aromatic carbocycles. The maximum atomic E-state index is 11.7. The van der Waals surface area contributed by atoms with Crippen molar-refractivity contribution >= 4 is 11.9 Å². The van der Waals surface area contributed by atoms with Crippen molar-refractivity contribution in [1.82, 2.24) is 4.90 Å². The second-order valence-electron chi connectivity index (χ2n) is 3.94. The Morgan fingerprint density at radius 2 is 2.12 bits per heavy atom. The van der Waals surface area contributed by atoms with E-state index in [0.29, 0.717) is 13.2 Å². The molecule has 0 aromatic rings. The Morgan fingerprint density at radius 1 is 1.41 bits per heavy atom. The summed E-state index contributed by atoms with van der Waals surface area (Å²) >= 11 is 0. The number of hydrogen-bond acceptors (Lipinski definition) is 5. The number of aliphatic carboxylic acids is 1. The van der Waals surface area contributed by atoms with E-state index in [0.717, 1.165) is 0 Å². The SMILES string of the molecule is NCCOCCC(=O)N1C[C@H](O)C[C@@H]1C(=O)O. The fourth-order valence-corrected chi connectivity index (χ4v) is 1.81. The van der Waals surface area contributed by atoms with Crippen LogP contribution in [0.25, 0.3) is 0 Å². The normalized spacial score (nSPS) is 24.0. The fourth-order valence-electron chi connectivity index (χ4n) is 1.81. The fraction of sp³-hybridized carbons (Fsp3) is 0.800. The van der Waals surface area contributed by atoms with E-state index in [4.69, 9.17) is 15.6 Å². The molecule has 0 unspecified atom stereocenters. The number of carboxylic acids is 1. The Labute approximate surface area is 99.1 Å². The van der Waals surface area contributed by atoms with Crippen molar-refractivity contribution in [2.75, 3.05) is 26.3 Å². The van der Waals surface area contributed by atoms with Crippen LogP contribution in [0, 0.1) is 0 Å². The molecule has 7 heteroatoms. The number of ether oxygens (including phenoxy) is 1. The highest BCUT2D eigenvalue weighted by molar-refractivity contribution is 5.84. The Morgan fingerprint density at radius 3 is 2.71 bits per heavy atom. The molecule has 0 aromatic heterocycles. The standard InChI is InChI=1S/C10H18N2O5/c11-2-4-17-3-1-9(14)12-6-7(13)5-8(12)10(15)16/h7-8,13H,1-6,11H2,(H,15,16)/t7-,8-/m1/s1. The second-order valence-corrected chi connectivity index (χ2v) is 3.94. The minimum atomic E-state index is -1.09. The molecule has 0 aliphatic carbocycles. The van der Waals surface area contributed by atoms with Crippen molar-refractivity contribution < 1.29 is 24.5 Å². The number of carboxylic acid groups (broad SMARTS) is 1. The molecule has 1 aliphatic heterocycles. The molecular formula is C10H18N2O5. The Bertz CT molecular complexity index is 284. The third-order valence-electron chi connectivity index (χ3n) is 2.61. The van der Waals surface area contributed by atoms with Gasteiger partial charge in [-0.2, -0.15) is 0 Å². The van der Waals surface area contributed by atoms with Gasteiger partial charge in [0.1, 0.15) is 6.04 Å². The minimum Gasteiger partial charge on any atom is -0.480 e. The number of aliphatic hydroxyl groups is 1. The zero-order chi connectivity index (χ0) is 12.8. The molecule has 0 saturated carbocycles. The van der Waals surface area contributed by atoms with Crippen molar-refractivity contribution in [2.24, 2.45) is 5.73 Å². The van der Waals surface area contributed by atoms with Gasteiger partial charge in [-0.15, -0.1) is 0 Å². The number of rotatable bonds is 6. The van der Waals surface area contributed by atoms with E-state index in [1.54, 1.807) is 0 Å². The average Bonchev–Trinajstić information content (AvgIpc) is 2.66. The number of amides is 1. The van der Waals surface area contributed by atoms with Crippen molar-refractivity contribution in [2.45, 2.75) is 25.0 Å². The number of likely N-dealkylation sites (tertiary alicyclic amines) is 1. The van der Waals surface area contributed by atoms with Gasteiger partial charge >= 0.3 is 5.97 Å². The lowest BCUT2D eigenvalue weighted by molar-refractivity contribution is -0.148. The molecule has 1 fully saturated rings. The van der Waals surface area contributed by atoms with Crippen LogP contribution in [-0.2, 0) is 14.3 Å². The number of aliphatic hydroxyl groups excluding tert-OH is 1. The van der Waals surface area contributed by atoms with E-state index in [9.17, 15) is 14.7 Å². The summed E-state index contributed by atoms with van der Waals surface area (Å²) in [6.07, 6.45) is -0.564. The Kier molecular flexibility index (Phi) is 5.33. The quantitative estimate of drug-likeness (QED) is 0.486.